The molecule has 0 aliphatic carbocycles. The van der Waals surface area contributed by atoms with Gasteiger partial charge < -0.3 is 14.7 Å². The molecule has 1 aliphatic rings. The predicted molar refractivity (Wildman–Crippen MR) is 75.3 cm³/mol. The number of rotatable bonds is 5. The molecular weight excluding hydrogens is 272 g/mol. The summed E-state index contributed by atoms with van der Waals surface area (Å²) in [5.74, 6) is 1.14. The molecule has 7 nitrogen and oxygen atoms in total. The monoisotopic (exact) mass is 294 g/mol. The van der Waals surface area contributed by atoms with E-state index in [1.165, 1.54) is 0 Å². The van der Waals surface area contributed by atoms with E-state index in [9.17, 15) is 9.59 Å². The van der Waals surface area contributed by atoms with E-state index in [1.54, 1.807) is 11.8 Å². The maximum absolute atomic E-state index is 12.6. The zero-order valence-electron chi connectivity index (χ0n) is 12.8. The molecule has 0 radical (unpaired) electrons. The topological polar surface area (TPSA) is 88.3 Å². The van der Waals surface area contributed by atoms with Crippen LogP contribution in [0.4, 0.5) is 0 Å². The highest BCUT2D eigenvalue weighted by atomic mass is 16.5. The van der Waals surface area contributed by atoms with E-state index >= 15 is 0 Å². The lowest BCUT2D eigenvalue weighted by Crippen LogP contribution is -2.48. The number of hydrogen-bond donors (Lipinski definition) is 1. The zero-order valence-corrected chi connectivity index (χ0v) is 12.8. The average Bonchev–Trinajstić information content (AvgIpc) is 2.82. The van der Waals surface area contributed by atoms with Crippen LogP contribution in [0.25, 0.3) is 0 Å². The largest absolute Gasteiger partial charge is 0.344 e. The van der Waals surface area contributed by atoms with Gasteiger partial charge in [-0.05, 0) is 5.92 Å². The molecule has 116 valence electrons. The summed E-state index contributed by atoms with van der Waals surface area (Å²) in [4.78, 5) is 30.2. The van der Waals surface area contributed by atoms with Gasteiger partial charge in [0, 0.05) is 32.9 Å². The van der Waals surface area contributed by atoms with Crippen LogP contribution in [0.2, 0.25) is 0 Å². The molecule has 0 spiro atoms. The first-order chi connectivity index (χ1) is 10.0. The van der Waals surface area contributed by atoms with Gasteiger partial charge in [-0.3, -0.25) is 9.59 Å². The van der Waals surface area contributed by atoms with E-state index in [0.717, 1.165) is 6.42 Å². The third-order valence-corrected chi connectivity index (χ3v) is 3.89. The number of amides is 2. The first kappa shape index (κ1) is 15.5. The Labute approximate surface area is 124 Å². The molecule has 1 saturated heterocycles. The van der Waals surface area contributed by atoms with Gasteiger partial charge in [0.25, 0.3) is 0 Å². The number of carbonyl (C=O) groups is 2. The fourth-order valence-corrected chi connectivity index (χ4v) is 2.37. The molecule has 1 fully saturated rings. The Hall–Kier alpha value is -1.92. The van der Waals surface area contributed by atoms with Gasteiger partial charge in [-0.2, -0.15) is 4.98 Å². The summed E-state index contributed by atoms with van der Waals surface area (Å²) in [5, 5.41) is 6.66. The SMILES string of the molecule is CCC(C)C1NC(=O)CCN(CCc2noc(C)n2)C1=O. The highest BCUT2D eigenvalue weighted by Crippen LogP contribution is 2.14. The molecule has 7 heteroatoms. The Morgan fingerprint density at radius 2 is 2.24 bits per heavy atom. The zero-order chi connectivity index (χ0) is 15.4. The van der Waals surface area contributed by atoms with Crippen molar-refractivity contribution in [2.75, 3.05) is 13.1 Å². The van der Waals surface area contributed by atoms with E-state index < -0.39 is 6.04 Å². The lowest BCUT2D eigenvalue weighted by Gasteiger charge is -2.26. The first-order valence-electron chi connectivity index (χ1n) is 7.38. The normalized spacial score (nSPS) is 21.1. The maximum Gasteiger partial charge on any atom is 0.245 e. The van der Waals surface area contributed by atoms with Crippen molar-refractivity contribution in [1.82, 2.24) is 20.4 Å². The molecule has 1 aromatic heterocycles. The number of nitrogens with one attached hydrogen (secondary N) is 1. The highest BCUT2D eigenvalue weighted by Gasteiger charge is 2.32. The minimum atomic E-state index is -0.433. The number of aryl methyl sites for hydroxylation is 1. The van der Waals surface area contributed by atoms with E-state index in [0.29, 0.717) is 37.6 Å². The number of hydrogen-bond acceptors (Lipinski definition) is 5. The van der Waals surface area contributed by atoms with Crippen LogP contribution in [0.3, 0.4) is 0 Å². The number of carbonyl (C=O) groups excluding carboxylic acids is 2. The smallest absolute Gasteiger partial charge is 0.245 e. The van der Waals surface area contributed by atoms with Gasteiger partial charge in [0.2, 0.25) is 17.7 Å². The quantitative estimate of drug-likeness (QED) is 0.863. The molecule has 21 heavy (non-hydrogen) atoms. The standard InChI is InChI=1S/C14H22N4O3/c1-4-9(2)13-14(20)18(8-6-12(19)16-13)7-5-11-15-10(3)21-17-11/h9,13H,4-8H2,1-3H3,(H,16,19). The number of aromatic nitrogens is 2. The van der Waals surface area contributed by atoms with E-state index in [2.05, 4.69) is 15.5 Å². The Kier molecular flexibility index (Phi) is 4.93. The van der Waals surface area contributed by atoms with Gasteiger partial charge in [0.15, 0.2) is 5.82 Å². The van der Waals surface area contributed by atoms with Crippen LogP contribution in [0.5, 0.6) is 0 Å². The molecular formula is C14H22N4O3. The van der Waals surface area contributed by atoms with Crippen LogP contribution in [0.1, 0.15) is 38.4 Å². The van der Waals surface area contributed by atoms with E-state index in [4.69, 9.17) is 4.52 Å². The third-order valence-electron chi connectivity index (χ3n) is 3.89. The summed E-state index contributed by atoms with van der Waals surface area (Å²) in [6, 6.07) is -0.433. The van der Waals surface area contributed by atoms with Crippen molar-refractivity contribution in [3.05, 3.63) is 11.7 Å². The molecule has 2 amide bonds. The van der Waals surface area contributed by atoms with E-state index in [1.807, 2.05) is 13.8 Å². The lowest BCUT2D eigenvalue weighted by atomic mass is 9.98. The van der Waals surface area contributed by atoms with Gasteiger partial charge in [0.05, 0.1) is 0 Å². The van der Waals surface area contributed by atoms with Crippen molar-refractivity contribution >= 4 is 11.8 Å². The molecule has 1 N–H and O–H groups in total. The van der Waals surface area contributed by atoms with Crippen LogP contribution in [0, 0.1) is 12.8 Å². The Bertz CT molecular complexity index is 514. The predicted octanol–water partition coefficient (Wildman–Crippen LogP) is 0.684. The minimum absolute atomic E-state index is 0.0181. The third kappa shape index (κ3) is 3.80. The Morgan fingerprint density at radius 1 is 1.48 bits per heavy atom. The lowest BCUT2D eigenvalue weighted by molar-refractivity contribution is -0.134. The molecule has 2 atom stereocenters. The second-order valence-electron chi connectivity index (χ2n) is 5.49. The van der Waals surface area contributed by atoms with Gasteiger partial charge in [-0.15, -0.1) is 0 Å². The maximum atomic E-state index is 12.6. The summed E-state index contributed by atoms with van der Waals surface area (Å²) in [7, 11) is 0. The van der Waals surface area contributed by atoms with Gasteiger partial charge in [-0.1, -0.05) is 25.4 Å². The van der Waals surface area contributed by atoms with Crippen molar-refractivity contribution < 1.29 is 14.1 Å². The van der Waals surface area contributed by atoms with Crippen molar-refractivity contribution in [1.29, 1.82) is 0 Å². The molecule has 1 aliphatic heterocycles. The molecule has 2 unspecified atom stereocenters. The van der Waals surface area contributed by atoms with Crippen molar-refractivity contribution in [3.8, 4) is 0 Å². The van der Waals surface area contributed by atoms with Crippen molar-refractivity contribution in [2.24, 2.45) is 5.92 Å². The molecule has 1 aromatic rings. The summed E-state index contributed by atoms with van der Waals surface area (Å²) in [6.45, 7) is 6.67. The minimum Gasteiger partial charge on any atom is -0.344 e. The fraction of sp³-hybridized carbons (Fsp3) is 0.714. The van der Waals surface area contributed by atoms with Crippen molar-refractivity contribution in [2.45, 2.75) is 46.1 Å². The highest BCUT2D eigenvalue weighted by molar-refractivity contribution is 5.90. The van der Waals surface area contributed by atoms with Crippen LogP contribution >= 0.6 is 0 Å². The summed E-state index contributed by atoms with van der Waals surface area (Å²) in [5.41, 5.74) is 0. The van der Waals surface area contributed by atoms with Gasteiger partial charge in [0.1, 0.15) is 6.04 Å². The summed E-state index contributed by atoms with van der Waals surface area (Å²) >= 11 is 0. The molecule has 0 bridgehead atoms. The van der Waals surface area contributed by atoms with E-state index in [-0.39, 0.29) is 17.7 Å². The second-order valence-corrected chi connectivity index (χ2v) is 5.49. The molecule has 2 heterocycles. The molecule has 2 rings (SSSR count). The van der Waals surface area contributed by atoms with Crippen LogP contribution in [-0.4, -0.2) is 46.0 Å². The van der Waals surface area contributed by atoms with Gasteiger partial charge >= 0.3 is 0 Å². The van der Waals surface area contributed by atoms with Crippen LogP contribution in [0.15, 0.2) is 4.52 Å². The first-order valence-corrected chi connectivity index (χ1v) is 7.38. The molecule has 0 saturated carbocycles. The number of nitrogens with zero attached hydrogens (tertiary/aromatic N) is 3. The summed E-state index contributed by atoms with van der Waals surface area (Å²) in [6.07, 6.45) is 1.71. The van der Waals surface area contributed by atoms with Crippen LogP contribution in [-0.2, 0) is 16.0 Å². The van der Waals surface area contributed by atoms with Crippen LogP contribution < -0.4 is 5.32 Å². The Morgan fingerprint density at radius 3 is 2.86 bits per heavy atom. The molecule has 0 aromatic carbocycles. The summed E-state index contributed by atoms with van der Waals surface area (Å²) < 4.78 is 4.92. The van der Waals surface area contributed by atoms with Crippen molar-refractivity contribution in [3.63, 3.8) is 0 Å². The van der Waals surface area contributed by atoms with Gasteiger partial charge in [-0.25, -0.2) is 0 Å². The average molecular weight is 294 g/mol. The fourth-order valence-electron chi connectivity index (χ4n) is 2.37. The second kappa shape index (κ2) is 6.69. The Balaban J connectivity index is 2.03.